The van der Waals surface area contributed by atoms with E-state index in [1.165, 1.54) is 20.8 Å². The minimum atomic E-state index is -1.04. The maximum Gasteiger partial charge on any atom is 0.357 e. The Bertz CT molecular complexity index is 298. The van der Waals surface area contributed by atoms with E-state index in [1.54, 1.807) is 6.07 Å². The molecule has 1 aliphatic heterocycles. The normalized spacial score (nSPS) is 18.9. The summed E-state index contributed by atoms with van der Waals surface area (Å²) in [5.41, 5.74) is -1.04. The van der Waals surface area contributed by atoms with Crippen molar-refractivity contribution in [1.29, 1.82) is 5.26 Å². The fraction of sp³-hybridized carbons (Fsp3) is 0.571. The van der Waals surface area contributed by atoms with Crippen LogP contribution in [-0.2, 0) is 4.79 Å². The van der Waals surface area contributed by atoms with E-state index in [2.05, 4.69) is 0 Å². The zero-order valence-corrected chi connectivity index (χ0v) is 9.43. The van der Waals surface area contributed by atoms with Gasteiger partial charge >= 0.3 is 6.03 Å². The minimum Gasteiger partial charge on any atom is -0.270 e. The summed E-state index contributed by atoms with van der Waals surface area (Å²) in [4.78, 5) is 22.0. The molecule has 0 aliphatic carbocycles. The molecule has 0 N–H and O–H groups in total. The fourth-order valence-electron chi connectivity index (χ4n) is 0.727. The minimum absolute atomic E-state index is 0.479. The summed E-state index contributed by atoms with van der Waals surface area (Å²) in [7, 11) is 0. The molecule has 0 unspecified atom stereocenters. The molecule has 0 aromatic heterocycles. The SMILES string of the molecule is CC#N.CC1(C)C(=O)N(Cl)C(=O)N1Cl. The zero-order valence-electron chi connectivity index (χ0n) is 7.91. The highest BCUT2D eigenvalue weighted by atomic mass is 35.5. The van der Waals surface area contributed by atoms with Crippen molar-refractivity contribution in [3.63, 3.8) is 0 Å². The standard InChI is InChI=1S/C5H6Cl2N2O2.C2H3N/c1-5(2)3(10)8(6)4(11)9(5)7;1-2-3/h1-2H3;1H3. The van der Waals surface area contributed by atoms with Crippen LogP contribution in [0.15, 0.2) is 0 Å². The van der Waals surface area contributed by atoms with E-state index in [0.29, 0.717) is 4.42 Å². The highest BCUT2D eigenvalue weighted by molar-refractivity contribution is 6.38. The number of halogens is 2. The van der Waals surface area contributed by atoms with Gasteiger partial charge in [-0.3, -0.25) is 4.79 Å². The Kier molecular flexibility index (Phi) is 4.17. The number of hydrogen-bond donors (Lipinski definition) is 0. The van der Waals surface area contributed by atoms with Crippen LogP contribution in [0.4, 0.5) is 4.79 Å². The Morgan fingerprint density at radius 3 is 1.79 bits per heavy atom. The van der Waals surface area contributed by atoms with Crippen molar-refractivity contribution in [2.75, 3.05) is 0 Å². The van der Waals surface area contributed by atoms with Gasteiger partial charge in [0.05, 0.1) is 6.07 Å². The van der Waals surface area contributed by atoms with Crippen LogP contribution < -0.4 is 0 Å². The van der Waals surface area contributed by atoms with Crippen molar-refractivity contribution in [2.24, 2.45) is 0 Å². The molecule has 0 bridgehead atoms. The lowest BCUT2D eigenvalue weighted by Gasteiger charge is -2.18. The molecule has 1 rings (SSSR count). The number of urea groups is 1. The van der Waals surface area contributed by atoms with E-state index in [1.807, 2.05) is 0 Å². The van der Waals surface area contributed by atoms with Gasteiger partial charge in [0.25, 0.3) is 5.91 Å². The molecule has 7 heteroatoms. The molecule has 1 fully saturated rings. The highest BCUT2D eigenvalue weighted by Gasteiger charge is 2.50. The first kappa shape index (κ1) is 13.0. The number of carbonyl (C=O) groups excluding carboxylic acids is 2. The van der Waals surface area contributed by atoms with Crippen LogP contribution >= 0.6 is 23.6 Å². The van der Waals surface area contributed by atoms with Crippen LogP contribution in [0.1, 0.15) is 20.8 Å². The number of nitrogens with zero attached hydrogens (tertiary/aromatic N) is 3. The summed E-state index contributed by atoms with van der Waals surface area (Å²) in [5.74, 6) is -0.515. The fourth-order valence-corrected chi connectivity index (χ4v) is 1.20. The lowest BCUT2D eigenvalue weighted by molar-refractivity contribution is -0.127. The van der Waals surface area contributed by atoms with Crippen LogP contribution in [0, 0.1) is 11.3 Å². The lowest BCUT2D eigenvalue weighted by Crippen LogP contribution is -2.38. The number of carbonyl (C=O) groups is 2. The van der Waals surface area contributed by atoms with Gasteiger partial charge in [0.2, 0.25) is 0 Å². The maximum absolute atomic E-state index is 11.1. The first-order chi connectivity index (χ1) is 6.30. The molecule has 1 saturated heterocycles. The number of rotatable bonds is 0. The number of imide groups is 1. The van der Waals surface area contributed by atoms with Crippen LogP contribution in [0.25, 0.3) is 0 Å². The average molecular weight is 238 g/mol. The molecule has 0 aromatic rings. The number of amides is 3. The predicted octanol–water partition coefficient (Wildman–Crippen LogP) is 1.87. The van der Waals surface area contributed by atoms with E-state index >= 15 is 0 Å². The summed E-state index contributed by atoms with van der Waals surface area (Å²) in [6.07, 6.45) is 0. The molecule has 0 aromatic carbocycles. The van der Waals surface area contributed by atoms with Gasteiger partial charge < -0.3 is 0 Å². The summed E-state index contributed by atoms with van der Waals surface area (Å²) in [5, 5.41) is 7.32. The van der Waals surface area contributed by atoms with Crippen molar-refractivity contribution in [3.05, 3.63) is 0 Å². The third kappa shape index (κ3) is 2.08. The van der Waals surface area contributed by atoms with Gasteiger partial charge in [0.1, 0.15) is 5.54 Å². The van der Waals surface area contributed by atoms with Gasteiger partial charge in [0.15, 0.2) is 0 Å². The Morgan fingerprint density at radius 1 is 1.36 bits per heavy atom. The molecule has 1 aliphatic rings. The quantitative estimate of drug-likeness (QED) is 0.478. The zero-order chi connectivity index (χ0) is 11.5. The van der Waals surface area contributed by atoms with E-state index in [-0.39, 0.29) is 0 Å². The third-order valence-corrected chi connectivity index (χ3v) is 2.39. The summed E-state index contributed by atoms with van der Waals surface area (Å²) in [6, 6.07) is 1.04. The highest BCUT2D eigenvalue weighted by Crippen LogP contribution is 2.30. The second-order valence-electron chi connectivity index (χ2n) is 2.93. The van der Waals surface area contributed by atoms with Crippen molar-refractivity contribution in [1.82, 2.24) is 8.84 Å². The van der Waals surface area contributed by atoms with Gasteiger partial charge in [-0.2, -0.15) is 9.68 Å². The van der Waals surface area contributed by atoms with Crippen molar-refractivity contribution in [3.8, 4) is 6.07 Å². The van der Waals surface area contributed by atoms with Crippen molar-refractivity contribution in [2.45, 2.75) is 26.3 Å². The average Bonchev–Trinajstić information content (AvgIpc) is 2.23. The molecule has 0 radical (unpaired) electrons. The molecular weight excluding hydrogens is 229 g/mol. The number of hydrogen-bond acceptors (Lipinski definition) is 3. The lowest BCUT2D eigenvalue weighted by atomic mass is 10.1. The van der Waals surface area contributed by atoms with Gasteiger partial charge in [-0.1, -0.05) is 0 Å². The predicted molar refractivity (Wildman–Crippen MR) is 51.2 cm³/mol. The topological polar surface area (TPSA) is 64.4 Å². The first-order valence-corrected chi connectivity index (χ1v) is 4.29. The van der Waals surface area contributed by atoms with Crippen LogP contribution in [0.5, 0.6) is 0 Å². The largest absolute Gasteiger partial charge is 0.357 e. The van der Waals surface area contributed by atoms with Crippen molar-refractivity contribution >= 4 is 35.5 Å². The van der Waals surface area contributed by atoms with Crippen LogP contribution in [-0.4, -0.2) is 26.3 Å². The monoisotopic (exact) mass is 237 g/mol. The summed E-state index contributed by atoms with van der Waals surface area (Å²) < 4.78 is 1.26. The van der Waals surface area contributed by atoms with Crippen LogP contribution in [0.3, 0.4) is 0 Å². The Morgan fingerprint density at radius 2 is 1.71 bits per heavy atom. The second kappa shape index (κ2) is 4.49. The van der Waals surface area contributed by atoms with Gasteiger partial charge in [0, 0.05) is 30.5 Å². The third-order valence-electron chi connectivity index (χ3n) is 1.53. The molecule has 78 valence electrons. The molecule has 0 spiro atoms. The van der Waals surface area contributed by atoms with E-state index in [0.717, 1.165) is 4.42 Å². The second-order valence-corrected chi connectivity index (χ2v) is 3.61. The summed E-state index contributed by atoms with van der Waals surface area (Å²) >= 11 is 10.8. The molecule has 0 saturated carbocycles. The molecule has 3 amide bonds. The summed E-state index contributed by atoms with van der Waals surface area (Å²) in [6.45, 7) is 4.46. The molecule has 1 heterocycles. The van der Waals surface area contributed by atoms with Crippen molar-refractivity contribution < 1.29 is 9.59 Å². The Hall–Kier alpha value is -0.990. The van der Waals surface area contributed by atoms with E-state index < -0.39 is 17.5 Å². The van der Waals surface area contributed by atoms with Gasteiger partial charge in [-0.15, -0.1) is 0 Å². The van der Waals surface area contributed by atoms with E-state index in [9.17, 15) is 9.59 Å². The van der Waals surface area contributed by atoms with Gasteiger partial charge in [-0.25, -0.2) is 9.21 Å². The molecule has 14 heavy (non-hydrogen) atoms. The molecular formula is C7H9Cl2N3O2. The van der Waals surface area contributed by atoms with E-state index in [4.69, 9.17) is 28.8 Å². The number of nitriles is 1. The molecule has 0 atom stereocenters. The first-order valence-electron chi connectivity index (χ1n) is 3.61. The maximum atomic E-state index is 11.1. The molecule has 5 nitrogen and oxygen atoms in total. The van der Waals surface area contributed by atoms with Crippen LogP contribution in [0.2, 0.25) is 0 Å². The smallest absolute Gasteiger partial charge is 0.270 e. The Labute approximate surface area is 92.0 Å². The van der Waals surface area contributed by atoms with Gasteiger partial charge in [-0.05, 0) is 13.8 Å². The Balaban J connectivity index is 0.000000500.